The molecule has 0 bridgehead atoms. The van der Waals surface area contributed by atoms with E-state index >= 15 is 0 Å². The second-order valence-corrected chi connectivity index (χ2v) is 5.01. The third-order valence-corrected chi connectivity index (χ3v) is 3.05. The Morgan fingerprint density at radius 1 is 1.58 bits per heavy atom. The number of halogens is 1. The first kappa shape index (κ1) is 14.0. The Balaban J connectivity index is 1.73. The number of nitrogens with one attached hydrogen (secondary N) is 1. The fourth-order valence-corrected chi connectivity index (χ4v) is 1.77. The van der Waals surface area contributed by atoms with Crippen LogP contribution < -0.4 is 5.32 Å². The number of anilines is 1. The van der Waals surface area contributed by atoms with Crippen LogP contribution in [-0.2, 0) is 4.74 Å². The summed E-state index contributed by atoms with van der Waals surface area (Å²) in [6.07, 6.45) is 4.73. The second-order valence-electron chi connectivity index (χ2n) is 4.58. The summed E-state index contributed by atoms with van der Waals surface area (Å²) >= 11 is 5.68. The van der Waals surface area contributed by atoms with Crippen LogP contribution in [0.2, 0.25) is 5.02 Å². The van der Waals surface area contributed by atoms with Crippen LogP contribution in [0.3, 0.4) is 0 Å². The third kappa shape index (κ3) is 4.65. The van der Waals surface area contributed by atoms with Crippen molar-refractivity contribution in [1.29, 1.82) is 0 Å². The monoisotopic (exact) mass is 285 g/mol. The van der Waals surface area contributed by atoms with Crippen LogP contribution in [0.4, 0.5) is 11.5 Å². The van der Waals surface area contributed by atoms with Crippen molar-refractivity contribution in [2.24, 2.45) is 5.92 Å². The minimum atomic E-state index is -0.495. The average Bonchev–Trinajstić information content (AvgIpc) is 3.19. The van der Waals surface area contributed by atoms with Crippen molar-refractivity contribution in [3.05, 3.63) is 27.4 Å². The van der Waals surface area contributed by atoms with Crippen molar-refractivity contribution in [3.63, 3.8) is 0 Å². The van der Waals surface area contributed by atoms with E-state index in [0.717, 1.165) is 18.9 Å². The smallest absolute Gasteiger partial charge is 0.312 e. The maximum Gasteiger partial charge on any atom is 0.312 e. The minimum Gasteiger partial charge on any atom is -0.381 e. The number of nitro groups is 1. The largest absolute Gasteiger partial charge is 0.381 e. The molecule has 1 fully saturated rings. The summed E-state index contributed by atoms with van der Waals surface area (Å²) in [5.74, 6) is 1.00. The molecule has 0 amide bonds. The quantitative estimate of drug-likeness (QED) is 0.451. The van der Waals surface area contributed by atoms with Gasteiger partial charge in [-0.25, -0.2) is 4.98 Å². The van der Waals surface area contributed by atoms with E-state index in [4.69, 9.17) is 16.3 Å². The van der Waals surface area contributed by atoms with Gasteiger partial charge in [-0.2, -0.15) is 0 Å². The second kappa shape index (κ2) is 6.68. The van der Waals surface area contributed by atoms with Crippen LogP contribution in [0.5, 0.6) is 0 Å². The summed E-state index contributed by atoms with van der Waals surface area (Å²) in [5, 5.41) is 14.0. The number of pyridine rings is 1. The van der Waals surface area contributed by atoms with Gasteiger partial charge in [-0.3, -0.25) is 10.1 Å². The Morgan fingerprint density at radius 3 is 3.05 bits per heavy atom. The molecule has 0 saturated heterocycles. The van der Waals surface area contributed by atoms with Crippen LogP contribution >= 0.6 is 11.6 Å². The molecule has 6 nitrogen and oxygen atoms in total. The van der Waals surface area contributed by atoms with Gasteiger partial charge in [-0.15, -0.1) is 0 Å². The molecule has 0 spiro atoms. The molecule has 0 atom stereocenters. The van der Waals surface area contributed by atoms with Gasteiger partial charge >= 0.3 is 5.69 Å². The molecular formula is C12H16ClN3O3. The van der Waals surface area contributed by atoms with E-state index in [1.165, 1.54) is 25.1 Å². The maximum absolute atomic E-state index is 10.8. The summed E-state index contributed by atoms with van der Waals surface area (Å²) in [4.78, 5) is 14.3. The van der Waals surface area contributed by atoms with Crippen molar-refractivity contribution < 1.29 is 9.66 Å². The van der Waals surface area contributed by atoms with Gasteiger partial charge in [0.15, 0.2) is 0 Å². The van der Waals surface area contributed by atoms with Gasteiger partial charge < -0.3 is 10.1 Å². The predicted molar refractivity (Wildman–Crippen MR) is 72.6 cm³/mol. The van der Waals surface area contributed by atoms with Crippen LogP contribution in [-0.4, -0.2) is 29.7 Å². The Morgan fingerprint density at radius 2 is 2.37 bits per heavy atom. The van der Waals surface area contributed by atoms with Gasteiger partial charge in [0.05, 0.1) is 9.95 Å². The van der Waals surface area contributed by atoms with Gasteiger partial charge in [0.1, 0.15) is 0 Å². The molecule has 1 aromatic heterocycles. The SMILES string of the molecule is O=[N+]([O-])c1cc(Cl)cnc1NCCCOCC1CC1. The highest BCUT2D eigenvalue weighted by atomic mass is 35.5. The average molecular weight is 286 g/mol. The minimum absolute atomic E-state index is 0.105. The van der Waals surface area contributed by atoms with E-state index in [-0.39, 0.29) is 16.5 Å². The third-order valence-electron chi connectivity index (χ3n) is 2.84. The van der Waals surface area contributed by atoms with E-state index in [0.29, 0.717) is 13.2 Å². The van der Waals surface area contributed by atoms with Crippen LogP contribution in [0, 0.1) is 16.0 Å². The number of hydrogen-bond acceptors (Lipinski definition) is 5. The number of rotatable bonds is 8. The van der Waals surface area contributed by atoms with E-state index in [9.17, 15) is 10.1 Å². The van der Waals surface area contributed by atoms with Crippen molar-refractivity contribution in [3.8, 4) is 0 Å². The molecule has 1 aromatic rings. The van der Waals surface area contributed by atoms with Gasteiger partial charge in [0.25, 0.3) is 0 Å². The number of aromatic nitrogens is 1. The zero-order chi connectivity index (χ0) is 13.7. The summed E-state index contributed by atoms with van der Waals surface area (Å²) in [7, 11) is 0. The van der Waals surface area contributed by atoms with E-state index in [1.807, 2.05) is 0 Å². The number of ether oxygens (including phenoxy) is 1. The first-order valence-electron chi connectivity index (χ1n) is 6.28. The lowest BCUT2D eigenvalue weighted by Gasteiger charge is -2.06. The molecule has 1 aliphatic rings. The summed E-state index contributed by atoms with van der Waals surface area (Å²) < 4.78 is 5.48. The lowest BCUT2D eigenvalue weighted by molar-refractivity contribution is -0.384. The molecule has 0 aliphatic heterocycles. The summed E-state index contributed by atoms with van der Waals surface area (Å²) in [5.41, 5.74) is -0.105. The lowest BCUT2D eigenvalue weighted by atomic mass is 10.3. The molecule has 19 heavy (non-hydrogen) atoms. The fraction of sp³-hybridized carbons (Fsp3) is 0.583. The first-order chi connectivity index (χ1) is 9.16. The van der Waals surface area contributed by atoms with Gasteiger partial charge in [-0.1, -0.05) is 11.6 Å². The van der Waals surface area contributed by atoms with Crippen molar-refractivity contribution >= 4 is 23.1 Å². The zero-order valence-corrected chi connectivity index (χ0v) is 11.2. The standard InChI is InChI=1S/C12H16ClN3O3/c13-10-6-11(16(17)18)12(15-7-10)14-4-1-5-19-8-9-2-3-9/h6-7,9H,1-5,8H2,(H,14,15). The summed E-state index contributed by atoms with van der Waals surface area (Å²) in [6.45, 7) is 2.07. The zero-order valence-electron chi connectivity index (χ0n) is 10.5. The van der Waals surface area contributed by atoms with Crippen LogP contribution in [0.15, 0.2) is 12.3 Å². The molecule has 104 valence electrons. The highest BCUT2D eigenvalue weighted by Gasteiger charge is 2.20. The highest BCUT2D eigenvalue weighted by Crippen LogP contribution is 2.28. The highest BCUT2D eigenvalue weighted by molar-refractivity contribution is 6.30. The molecule has 0 unspecified atom stereocenters. The van der Waals surface area contributed by atoms with E-state index < -0.39 is 4.92 Å². The van der Waals surface area contributed by atoms with Gasteiger partial charge in [0.2, 0.25) is 5.82 Å². The van der Waals surface area contributed by atoms with Gasteiger partial charge in [-0.05, 0) is 25.2 Å². The fourth-order valence-electron chi connectivity index (χ4n) is 1.62. The van der Waals surface area contributed by atoms with Crippen molar-refractivity contribution in [2.45, 2.75) is 19.3 Å². The molecule has 0 aromatic carbocycles. The normalized spacial score (nSPS) is 14.4. The number of hydrogen-bond donors (Lipinski definition) is 1. The van der Waals surface area contributed by atoms with E-state index in [2.05, 4.69) is 10.3 Å². The molecule has 1 aliphatic carbocycles. The van der Waals surface area contributed by atoms with Crippen molar-refractivity contribution in [1.82, 2.24) is 4.98 Å². The molecule has 1 N–H and O–H groups in total. The maximum atomic E-state index is 10.8. The lowest BCUT2D eigenvalue weighted by Crippen LogP contribution is -2.09. The predicted octanol–water partition coefficient (Wildman–Crippen LogP) is 2.87. The first-order valence-corrected chi connectivity index (χ1v) is 6.66. The molecular weight excluding hydrogens is 270 g/mol. The van der Waals surface area contributed by atoms with Crippen LogP contribution in [0.25, 0.3) is 0 Å². The Hall–Kier alpha value is -1.40. The van der Waals surface area contributed by atoms with Crippen molar-refractivity contribution in [2.75, 3.05) is 25.1 Å². The molecule has 1 heterocycles. The molecule has 0 radical (unpaired) electrons. The topological polar surface area (TPSA) is 77.3 Å². The Bertz CT molecular complexity index is 452. The van der Waals surface area contributed by atoms with Gasteiger partial charge in [0, 0.05) is 32.0 Å². The number of nitrogens with zero attached hydrogens (tertiary/aromatic N) is 2. The summed E-state index contributed by atoms with van der Waals surface area (Å²) in [6, 6.07) is 1.29. The van der Waals surface area contributed by atoms with E-state index in [1.54, 1.807) is 0 Å². The Kier molecular flexibility index (Phi) is 4.93. The van der Waals surface area contributed by atoms with Crippen LogP contribution in [0.1, 0.15) is 19.3 Å². The molecule has 2 rings (SSSR count). The molecule has 1 saturated carbocycles. The Labute approximate surface area is 116 Å². The molecule has 7 heteroatoms.